The number of nitrogens with two attached hydrogens (primary N) is 2. The molecule has 14 rings (SSSR count). The van der Waals surface area contributed by atoms with Crippen LogP contribution in [0.2, 0.25) is 0 Å². The van der Waals surface area contributed by atoms with Crippen molar-refractivity contribution in [2.24, 2.45) is 81.4 Å². The molecule has 0 aromatic carbocycles. The molecule has 7 aliphatic heterocycles. The van der Waals surface area contributed by atoms with Crippen molar-refractivity contribution >= 4 is 198 Å². The normalized spacial score (nSPS) is 20.1. The van der Waals surface area contributed by atoms with Crippen molar-refractivity contribution in [3.8, 4) is 0 Å². The third-order valence-corrected chi connectivity index (χ3v) is 23.6. The lowest BCUT2D eigenvalue weighted by atomic mass is 10.4. The van der Waals surface area contributed by atoms with Crippen LogP contribution < -0.4 is 89.6 Å². The smallest absolute Gasteiger partial charge is 0.210 e. The molecular formula is C76H117N35S7. The Balaban J connectivity index is 0.000000172. The fourth-order valence-corrected chi connectivity index (χ4v) is 16.5. The van der Waals surface area contributed by atoms with E-state index in [1.54, 1.807) is 93.5 Å². The first kappa shape index (κ1) is 92.6. The van der Waals surface area contributed by atoms with Crippen molar-refractivity contribution in [2.45, 2.75) is 140 Å². The van der Waals surface area contributed by atoms with E-state index in [2.05, 4.69) is 259 Å². The van der Waals surface area contributed by atoms with Gasteiger partial charge in [-0.3, -0.25) is 46.8 Å². The van der Waals surface area contributed by atoms with E-state index in [4.69, 9.17) is 11.5 Å². The Bertz CT molecular complexity index is 4920. The largest absolute Gasteiger partial charge is 0.370 e. The number of hydrogen-bond acceptors (Lipinski definition) is 38. The quantitative estimate of drug-likeness (QED) is 0.0705. The van der Waals surface area contributed by atoms with Crippen LogP contribution in [-0.4, -0.2) is 238 Å². The molecule has 0 amide bonds. The van der Waals surface area contributed by atoms with Crippen molar-refractivity contribution in [2.75, 3.05) is 127 Å². The zero-order valence-corrected chi connectivity index (χ0v) is 78.2. The summed E-state index contributed by atoms with van der Waals surface area (Å²) in [6.07, 6.45) is -0.349. The minimum atomic E-state index is -0.130. The summed E-state index contributed by atoms with van der Waals surface area (Å²) in [6.45, 7) is 28.3. The Morgan fingerprint density at radius 3 is 1.02 bits per heavy atom. The van der Waals surface area contributed by atoms with Gasteiger partial charge in [-0.05, 0) is 182 Å². The molecule has 0 saturated heterocycles. The van der Waals surface area contributed by atoms with Gasteiger partial charge in [0.05, 0.1) is 35.0 Å². The number of rotatable bonds is 7. The molecule has 7 atom stereocenters. The first-order chi connectivity index (χ1) is 55.9. The number of guanidine groups is 14. The molecule has 0 radical (unpaired) electrons. The second-order valence-corrected chi connectivity index (χ2v) is 36.8. The molecule has 0 saturated carbocycles. The summed E-state index contributed by atoms with van der Waals surface area (Å²) < 4.78 is 0. The van der Waals surface area contributed by atoms with Crippen LogP contribution >= 0.6 is 79.4 Å². The average Bonchev–Trinajstić information content (AvgIpc) is 1.48. The van der Waals surface area contributed by atoms with Crippen molar-refractivity contribution in [1.82, 2.24) is 62.1 Å². The molecule has 0 bridgehead atoms. The molecule has 14 heterocycles. The van der Waals surface area contributed by atoms with Gasteiger partial charge >= 0.3 is 0 Å². The van der Waals surface area contributed by atoms with Crippen LogP contribution in [0.4, 0.5) is 35.0 Å². The number of thiophene rings is 7. The van der Waals surface area contributed by atoms with Gasteiger partial charge in [-0.2, -0.15) is 0 Å². The predicted octanol–water partition coefficient (Wildman–Crippen LogP) is 10.4. The van der Waals surface area contributed by atoms with E-state index in [0.717, 1.165) is 85.6 Å². The number of nitrogens with zero attached hydrogens (tertiary/aromatic N) is 22. The molecule has 42 heteroatoms. The minimum absolute atomic E-state index is 0.0310. The number of aliphatic imine (C=N–C) groups is 14. The Labute approximate surface area is 722 Å². The summed E-state index contributed by atoms with van der Waals surface area (Å²) in [5, 5.41) is 42.2. The Morgan fingerprint density at radius 2 is 0.636 bits per heavy atom. The van der Waals surface area contributed by atoms with Crippen molar-refractivity contribution in [3.63, 3.8) is 0 Å². The molecule has 7 aromatic heterocycles. The summed E-state index contributed by atoms with van der Waals surface area (Å²) >= 11 is 12.1. The first-order valence-electron chi connectivity index (χ1n) is 37.9. The van der Waals surface area contributed by atoms with Gasteiger partial charge in [-0.1, -0.05) is 0 Å². The van der Waals surface area contributed by atoms with Gasteiger partial charge in [0, 0.05) is 126 Å². The lowest BCUT2D eigenvalue weighted by molar-refractivity contribution is 0.499. The molecule has 118 heavy (non-hydrogen) atoms. The van der Waals surface area contributed by atoms with Gasteiger partial charge in [0.2, 0.25) is 59.6 Å². The second-order valence-electron chi connectivity index (χ2n) is 27.9. The zero-order valence-electron chi connectivity index (χ0n) is 72.5. The van der Waals surface area contributed by atoms with Crippen LogP contribution in [-0.2, 0) is 0 Å². The standard InChI is InChI=1S/C13H21N5S.C12H19N5S.2C11H17N5S.2C10H15N5S.C9H13N5S/c1-9-7-8-11(19-9)17(5)13-15-10(2)14-12(16(3)4)18(13)6;1-8-6-7-10(18-8)17(5)12-14-9(2)13-11(15-12)16(3)4;1-7-5-6-9(17-7)14-10-12-8(2)13-11(15-10)16(3)4;1-7-5-6-9(17-7)16(4)11-14-8(2)13-10(12-3)15-11;1-6-4-5-8(16-6)15(3)10-13-7(2)12-9(11)14-10;1-6-4-5-8(16-6)14-10-13-7(2)12-9(11-3)15-10;1-5-3-4-7(15-5)13-9-12-6(2)11-8(10)14-9/h7-8,10H,1-6H3;6-7,9H,1-5H3,(H,13,14,15);2*5-6,8H,1-4H3,(H2,12,13,14,15);4-5,7H,1-3H3,(H3,11,12,13,14);4-5,7H,1-3H3,(H3,11,12,13,14,15);3-4,6H,1-2H3,(H4,10,11,12,13,14). The van der Waals surface area contributed by atoms with Gasteiger partial charge in [0.1, 0.15) is 43.2 Å². The number of aryl methyl sites for hydroxylation is 7. The summed E-state index contributed by atoms with van der Waals surface area (Å²) in [4.78, 5) is 85.9. The van der Waals surface area contributed by atoms with Gasteiger partial charge in [0.15, 0.2) is 23.8 Å². The van der Waals surface area contributed by atoms with Crippen LogP contribution in [0.5, 0.6) is 0 Å². The van der Waals surface area contributed by atoms with E-state index >= 15 is 0 Å². The van der Waals surface area contributed by atoms with E-state index in [1.165, 1.54) is 49.1 Å². The topological polar surface area (TPSA) is 383 Å². The summed E-state index contributed by atoms with van der Waals surface area (Å²) in [5.41, 5.74) is 11.3. The molecule has 7 unspecified atom stereocenters. The van der Waals surface area contributed by atoms with E-state index < -0.39 is 0 Å². The second kappa shape index (κ2) is 43.5. The first-order valence-corrected chi connectivity index (χ1v) is 43.6. The lowest BCUT2D eigenvalue weighted by Gasteiger charge is -2.35. The van der Waals surface area contributed by atoms with Crippen LogP contribution in [0.15, 0.2) is 155 Å². The van der Waals surface area contributed by atoms with Crippen molar-refractivity contribution in [1.29, 1.82) is 0 Å². The van der Waals surface area contributed by atoms with E-state index in [9.17, 15) is 0 Å². The van der Waals surface area contributed by atoms with Crippen LogP contribution in [0.1, 0.15) is 82.6 Å². The van der Waals surface area contributed by atoms with Gasteiger partial charge in [-0.15, -0.1) is 79.4 Å². The molecular weight excluding hydrogens is 1630 g/mol. The van der Waals surface area contributed by atoms with E-state index in [-0.39, 0.29) is 43.2 Å². The average molecular weight is 1750 g/mol. The Morgan fingerprint density at radius 1 is 0.322 bits per heavy atom. The van der Waals surface area contributed by atoms with Gasteiger partial charge in [0.25, 0.3) is 0 Å². The fraction of sp³-hybridized carbons (Fsp3) is 0.447. The number of anilines is 7. The molecule has 7 aliphatic rings. The van der Waals surface area contributed by atoms with E-state index in [1.807, 2.05) is 168 Å². The number of nitrogens with one attached hydrogen (secondary N) is 11. The number of hydrogen-bond donors (Lipinski definition) is 13. The fourth-order valence-electron chi connectivity index (χ4n) is 10.9. The van der Waals surface area contributed by atoms with E-state index in [0.29, 0.717) is 17.9 Å². The highest BCUT2D eigenvalue weighted by Gasteiger charge is 2.27. The van der Waals surface area contributed by atoms with Crippen LogP contribution in [0.25, 0.3) is 0 Å². The summed E-state index contributed by atoms with van der Waals surface area (Å²) in [6, 6.07) is 29.2. The minimum Gasteiger partial charge on any atom is -0.370 e. The zero-order chi connectivity index (χ0) is 86.4. The van der Waals surface area contributed by atoms with Gasteiger partial charge < -0.3 is 72.4 Å². The van der Waals surface area contributed by atoms with Crippen LogP contribution in [0, 0.1) is 48.5 Å². The molecule has 0 aliphatic carbocycles. The highest BCUT2D eigenvalue weighted by atomic mass is 32.1. The molecule has 7 aromatic rings. The Hall–Kier alpha value is -10.9. The summed E-state index contributed by atoms with van der Waals surface area (Å²) in [7, 11) is 25.4. The van der Waals surface area contributed by atoms with Gasteiger partial charge in [-0.25, -0.2) is 59.9 Å². The monoisotopic (exact) mass is 1740 g/mol. The Kier molecular flexibility index (Phi) is 34.1. The van der Waals surface area contributed by atoms with Crippen molar-refractivity contribution < 1.29 is 0 Å². The third-order valence-electron chi connectivity index (χ3n) is 16.6. The third kappa shape index (κ3) is 28.4. The maximum atomic E-state index is 5.67. The molecule has 15 N–H and O–H groups in total. The highest BCUT2D eigenvalue weighted by Crippen LogP contribution is 2.30. The molecule has 0 spiro atoms. The van der Waals surface area contributed by atoms with Crippen LogP contribution in [0.3, 0.4) is 0 Å². The predicted molar refractivity (Wildman–Crippen MR) is 512 cm³/mol. The molecule has 0 fully saturated rings. The summed E-state index contributed by atoms with van der Waals surface area (Å²) in [5.74, 6) is 10.3. The maximum absolute atomic E-state index is 5.67. The SMILES string of the molecule is CN=C1NC(N(C)c2ccc(C)s2)=NC(C)N1.CN=C1NC(Nc2ccc(C)s2)=NC(C)N1.Cc1ccc(N(C)C2=NC(C)N=C(N(C)C)N2)s1.Cc1ccc(N(C)C2=NC(C)N=C(N(C)C)N2C)s1.Cc1ccc(N(C)C2=NC(C)N=C(N)N2)s1.Cc1ccc(NC2=NC(C)N=C(N(C)C)N2)s1.Cc1ccc(NC2=NC(C)N=C(N)N2)s1. The molecule has 35 nitrogen and oxygen atoms in total. The molecule has 638 valence electrons. The lowest BCUT2D eigenvalue weighted by Crippen LogP contribution is -2.54. The van der Waals surface area contributed by atoms with Crippen molar-refractivity contribution in [3.05, 3.63) is 119 Å². The maximum Gasteiger partial charge on any atom is 0.210 e. The highest BCUT2D eigenvalue weighted by molar-refractivity contribution is 7.18.